The summed E-state index contributed by atoms with van der Waals surface area (Å²) in [6, 6.07) is 0. The van der Waals surface area contributed by atoms with E-state index in [-0.39, 0.29) is 0 Å². The summed E-state index contributed by atoms with van der Waals surface area (Å²) in [5.74, 6) is 1.77. The normalized spacial score (nSPS) is 16.0. The molecule has 0 radical (unpaired) electrons. The van der Waals surface area contributed by atoms with Gasteiger partial charge in [0.05, 0.1) is 6.61 Å². The minimum atomic E-state index is 0.699. The zero-order valence-corrected chi connectivity index (χ0v) is 12.2. The van der Waals surface area contributed by atoms with Gasteiger partial charge >= 0.3 is 0 Å². The van der Waals surface area contributed by atoms with Crippen molar-refractivity contribution in [3.05, 3.63) is 17.0 Å². The number of ether oxygens (including phenoxy) is 1. The second-order valence-corrected chi connectivity index (χ2v) is 5.58. The van der Waals surface area contributed by atoms with Crippen LogP contribution in [-0.2, 0) is 24.2 Å². The fourth-order valence-corrected chi connectivity index (χ4v) is 2.51. The third-order valence-corrected chi connectivity index (χ3v) is 3.39. The molecule has 2 rings (SSSR count). The summed E-state index contributed by atoms with van der Waals surface area (Å²) in [5.41, 5.74) is 2.34. The number of rotatable bonds is 7. The molecule has 5 nitrogen and oxygen atoms in total. The minimum Gasteiger partial charge on any atom is -0.383 e. The second-order valence-electron chi connectivity index (χ2n) is 5.58. The second kappa shape index (κ2) is 7.03. The third kappa shape index (κ3) is 4.03. The molecule has 1 aliphatic heterocycles. The molecule has 5 heteroatoms. The van der Waals surface area contributed by atoms with Crippen molar-refractivity contribution >= 4 is 0 Å². The number of fused-ring (bicyclic) bond motifs is 1. The van der Waals surface area contributed by atoms with Gasteiger partial charge in [0, 0.05) is 51.8 Å². The van der Waals surface area contributed by atoms with Crippen LogP contribution >= 0.6 is 0 Å². The Bertz CT molecular complexity index is 390. The van der Waals surface area contributed by atoms with E-state index in [2.05, 4.69) is 29.2 Å². The van der Waals surface area contributed by atoms with E-state index in [9.17, 15) is 0 Å². The molecule has 0 fully saturated rings. The Labute approximate surface area is 115 Å². The van der Waals surface area contributed by atoms with Gasteiger partial charge in [-0.05, 0) is 5.92 Å². The van der Waals surface area contributed by atoms with Gasteiger partial charge in [0.25, 0.3) is 0 Å². The lowest BCUT2D eigenvalue weighted by molar-refractivity contribution is 0.198. The van der Waals surface area contributed by atoms with Crippen LogP contribution in [0.2, 0.25) is 0 Å². The summed E-state index contributed by atoms with van der Waals surface area (Å²) in [5, 5.41) is 7.53. The molecule has 19 heavy (non-hydrogen) atoms. The molecule has 0 bridgehead atoms. The summed E-state index contributed by atoms with van der Waals surface area (Å²) >= 11 is 0. The van der Waals surface area contributed by atoms with Crippen LogP contribution in [0, 0.1) is 5.92 Å². The third-order valence-electron chi connectivity index (χ3n) is 3.39. The van der Waals surface area contributed by atoms with E-state index in [0.717, 1.165) is 57.2 Å². The predicted molar refractivity (Wildman–Crippen MR) is 73.9 cm³/mol. The van der Waals surface area contributed by atoms with E-state index >= 15 is 0 Å². The molecule has 0 saturated carbocycles. The standard InChI is InChI=1S/C14H25N3O2/c1-11(2)9-17-6-4-14-12(10-17)13(16-19-14)8-15-5-7-18-3/h11,15H,4-10H2,1-3H3. The summed E-state index contributed by atoms with van der Waals surface area (Å²) in [4.78, 5) is 2.49. The van der Waals surface area contributed by atoms with Gasteiger partial charge in [-0.25, -0.2) is 0 Å². The van der Waals surface area contributed by atoms with Gasteiger partial charge in [-0.2, -0.15) is 0 Å². The van der Waals surface area contributed by atoms with Gasteiger partial charge in [0.1, 0.15) is 11.5 Å². The number of hydrogen-bond donors (Lipinski definition) is 1. The van der Waals surface area contributed by atoms with Gasteiger partial charge in [0.15, 0.2) is 0 Å². The van der Waals surface area contributed by atoms with E-state index in [1.807, 2.05) is 0 Å². The number of nitrogens with zero attached hydrogens (tertiary/aromatic N) is 2. The van der Waals surface area contributed by atoms with E-state index in [4.69, 9.17) is 9.26 Å². The quantitative estimate of drug-likeness (QED) is 0.757. The highest BCUT2D eigenvalue weighted by atomic mass is 16.5. The summed E-state index contributed by atoms with van der Waals surface area (Å²) in [6.07, 6.45) is 0.979. The highest BCUT2D eigenvalue weighted by Crippen LogP contribution is 2.22. The van der Waals surface area contributed by atoms with Crippen molar-refractivity contribution in [3.63, 3.8) is 0 Å². The molecule has 2 heterocycles. The van der Waals surface area contributed by atoms with Gasteiger partial charge in [-0.1, -0.05) is 19.0 Å². The van der Waals surface area contributed by atoms with Crippen LogP contribution in [0.15, 0.2) is 4.52 Å². The fraction of sp³-hybridized carbons (Fsp3) is 0.786. The molecule has 0 aromatic carbocycles. The van der Waals surface area contributed by atoms with Crippen molar-refractivity contribution in [1.29, 1.82) is 0 Å². The molecule has 0 saturated heterocycles. The average molecular weight is 267 g/mol. The van der Waals surface area contributed by atoms with Crippen LogP contribution in [0.5, 0.6) is 0 Å². The highest BCUT2D eigenvalue weighted by Gasteiger charge is 2.23. The maximum Gasteiger partial charge on any atom is 0.142 e. The van der Waals surface area contributed by atoms with Crippen molar-refractivity contribution in [2.24, 2.45) is 5.92 Å². The molecule has 0 aliphatic carbocycles. The Morgan fingerprint density at radius 3 is 3.05 bits per heavy atom. The van der Waals surface area contributed by atoms with Crippen LogP contribution < -0.4 is 5.32 Å². The molecule has 1 aliphatic rings. The zero-order valence-electron chi connectivity index (χ0n) is 12.2. The molecule has 1 aromatic heterocycles. The number of aromatic nitrogens is 1. The Morgan fingerprint density at radius 1 is 1.47 bits per heavy atom. The molecule has 108 valence electrons. The van der Waals surface area contributed by atoms with E-state index in [0.29, 0.717) is 5.92 Å². The van der Waals surface area contributed by atoms with E-state index < -0.39 is 0 Å². The lowest BCUT2D eigenvalue weighted by Gasteiger charge is -2.27. The maximum absolute atomic E-state index is 5.45. The highest BCUT2D eigenvalue weighted by molar-refractivity contribution is 5.25. The summed E-state index contributed by atoms with van der Waals surface area (Å²) in [7, 11) is 1.71. The average Bonchev–Trinajstić information content (AvgIpc) is 2.77. The summed E-state index contributed by atoms with van der Waals surface area (Å²) < 4.78 is 10.5. The zero-order chi connectivity index (χ0) is 13.7. The largest absolute Gasteiger partial charge is 0.383 e. The lowest BCUT2D eigenvalue weighted by Crippen LogP contribution is -2.33. The van der Waals surface area contributed by atoms with Crippen molar-refractivity contribution in [3.8, 4) is 0 Å². The molecule has 0 spiro atoms. The Kier molecular flexibility index (Phi) is 5.36. The first-order chi connectivity index (χ1) is 9.20. The van der Waals surface area contributed by atoms with Crippen LogP contribution in [-0.4, -0.2) is 43.4 Å². The molecular weight excluding hydrogens is 242 g/mol. The fourth-order valence-electron chi connectivity index (χ4n) is 2.51. The predicted octanol–water partition coefficient (Wildman–Crippen LogP) is 1.42. The Hall–Kier alpha value is -0.910. The van der Waals surface area contributed by atoms with Gasteiger partial charge in [-0.3, -0.25) is 4.90 Å². The maximum atomic E-state index is 5.45. The molecule has 1 N–H and O–H groups in total. The smallest absolute Gasteiger partial charge is 0.142 e. The van der Waals surface area contributed by atoms with E-state index in [1.165, 1.54) is 5.56 Å². The van der Waals surface area contributed by atoms with Gasteiger partial charge in [-0.15, -0.1) is 0 Å². The molecule has 0 amide bonds. The molecule has 0 atom stereocenters. The number of nitrogens with one attached hydrogen (secondary N) is 1. The first-order valence-electron chi connectivity index (χ1n) is 7.09. The van der Waals surface area contributed by atoms with Crippen LogP contribution in [0.4, 0.5) is 0 Å². The van der Waals surface area contributed by atoms with Crippen molar-refractivity contribution in [2.45, 2.75) is 33.4 Å². The van der Waals surface area contributed by atoms with Crippen LogP contribution in [0.25, 0.3) is 0 Å². The first kappa shape index (κ1) is 14.5. The van der Waals surface area contributed by atoms with Gasteiger partial charge in [0.2, 0.25) is 0 Å². The molecule has 0 unspecified atom stereocenters. The molecular formula is C14H25N3O2. The first-order valence-corrected chi connectivity index (χ1v) is 7.09. The van der Waals surface area contributed by atoms with Crippen LogP contribution in [0.1, 0.15) is 30.9 Å². The van der Waals surface area contributed by atoms with Crippen molar-refractivity contribution in [2.75, 3.05) is 33.4 Å². The SMILES string of the molecule is COCCNCc1noc2c1CN(CC(C)C)CC2. The van der Waals surface area contributed by atoms with Crippen LogP contribution in [0.3, 0.4) is 0 Å². The molecule has 1 aromatic rings. The topological polar surface area (TPSA) is 50.5 Å². The van der Waals surface area contributed by atoms with E-state index in [1.54, 1.807) is 7.11 Å². The minimum absolute atomic E-state index is 0.699. The lowest BCUT2D eigenvalue weighted by atomic mass is 10.0. The Morgan fingerprint density at radius 2 is 2.32 bits per heavy atom. The van der Waals surface area contributed by atoms with Gasteiger partial charge < -0.3 is 14.6 Å². The van der Waals surface area contributed by atoms with Crippen molar-refractivity contribution in [1.82, 2.24) is 15.4 Å². The number of methoxy groups -OCH3 is 1. The Balaban J connectivity index is 1.91. The monoisotopic (exact) mass is 267 g/mol. The summed E-state index contributed by atoms with van der Waals surface area (Å²) in [6.45, 7) is 10.0. The van der Waals surface area contributed by atoms with Crippen molar-refractivity contribution < 1.29 is 9.26 Å². The number of hydrogen-bond acceptors (Lipinski definition) is 5.